The molecular formula is C25H28N2O4S. The van der Waals surface area contributed by atoms with Crippen LogP contribution in [0, 0.1) is 0 Å². The molecule has 0 aliphatic heterocycles. The van der Waals surface area contributed by atoms with Crippen molar-refractivity contribution >= 4 is 21.6 Å². The minimum atomic E-state index is -3.63. The number of hydrogen-bond acceptors (Lipinski definition) is 4. The zero-order valence-electron chi connectivity index (χ0n) is 18.1. The summed E-state index contributed by atoms with van der Waals surface area (Å²) in [5.41, 5.74) is 2.00. The van der Waals surface area contributed by atoms with Gasteiger partial charge in [-0.15, -0.1) is 0 Å². The summed E-state index contributed by atoms with van der Waals surface area (Å²) in [7, 11) is -3.63. The Kier molecular flexibility index (Phi) is 8.41. The van der Waals surface area contributed by atoms with Gasteiger partial charge in [-0.3, -0.25) is 4.79 Å². The van der Waals surface area contributed by atoms with E-state index in [0.29, 0.717) is 36.6 Å². The van der Waals surface area contributed by atoms with Crippen molar-refractivity contribution < 1.29 is 17.9 Å². The van der Waals surface area contributed by atoms with Gasteiger partial charge in [0, 0.05) is 12.2 Å². The second-order valence-electron chi connectivity index (χ2n) is 7.31. The summed E-state index contributed by atoms with van der Waals surface area (Å²) in [5.74, 6) is 0.217. The minimum Gasteiger partial charge on any atom is -0.493 e. The fourth-order valence-electron chi connectivity index (χ4n) is 3.08. The van der Waals surface area contributed by atoms with Gasteiger partial charge < -0.3 is 10.1 Å². The van der Waals surface area contributed by atoms with Crippen molar-refractivity contribution in [2.24, 2.45) is 0 Å². The van der Waals surface area contributed by atoms with Crippen LogP contribution < -0.4 is 14.8 Å². The van der Waals surface area contributed by atoms with E-state index in [2.05, 4.69) is 17.0 Å². The van der Waals surface area contributed by atoms with Crippen LogP contribution in [0.25, 0.3) is 0 Å². The molecule has 0 aliphatic rings. The molecule has 7 heteroatoms. The molecule has 0 radical (unpaired) electrons. The van der Waals surface area contributed by atoms with Gasteiger partial charge in [0.1, 0.15) is 5.75 Å². The molecular weight excluding hydrogens is 424 g/mol. The van der Waals surface area contributed by atoms with Crippen LogP contribution in [0.2, 0.25) is 0 Å². The Morgan fingerprint density at radius 3 is 2.31 bits per heavy atom. The van der Waals surface area contributed by atoms with E-state index in [4.69, 9.17) is 4.74 Å². The average Bonchev–Trinajstić information content (AvgIpc) is 2.80. The summed E-state index contributed by atoms with van der Waals surface area (Å²) in [5, 5.41) is 2.80. The van der Waals surface area contributed by atoms with E-state index in [1.807, 2.05) is 36.4 Å². The van der Waals surface area contributed by atoms with Crippen LogP contribution in [0.4, 0.5) is 5.69 Å². The first-order valence-corrected chi connectivity index (χ1v) is 12.1. The Balaban J connectivity index is 1.60. The summed E-state index contributed by atoms with van der Waals surface area (Å²) in [6.45, 7) is 2.93. The van der Waals surface area contributed by atoms with E-state index in [1.54, 1.807) is 30.3 Å². The summed E-state index contributed by atoms with van der Waals surface area (Å²) in [4.78, 5) is 12.8. The predicted molar refractivity (Wildman–Crippen MR) is 127 cm³/mol. The lowest BCUT2D eigenvalue weighted by atomic mass is 10.2. The average molecular weight is 453 g/mol. The van der Waals surface area contributed by atoms with Gasteiger partial charge in [-0.05, 0) is 54.8 Å². The first kappa shape index (κ1) is 23.5. The SMILES string of the molecule is CCCCOc1ccccc1C(=O)Nc1ccc(S(=O)(=O)NCCc2ccccc2)cc1. The molecule has 6 nitrogen and oxygen atoms in total. The maximum Gasteiger partial charge on any atom is 0.259 e. The predicted octanol–water partition coefficient (Wildman–Crippen LogP) is 4.64. The highest BCUT2D eigenvalue weighted by atomic mass is 32.2. The number of ether oxygens (including phenoxy) is 1. The number of rotatable bonds is 11. The van der Waals surface area contributed by atoms with E-state index in [-0.39, 0.29) is 10.8 Å². The van der Waals surface area contributed by atoms with Gasteiger partial charge in [-0.25, -0.2) is 13.1 Å². The van der Waals surface area contributed by atoms with Crippen LogP contribution in [0.1, 0.15) is 35.7 Å². The van der Waals surface area contributed by atoms with Crippen LogP contribution in [-0.2, 0) is 16.4 Å². The molecule has 0 aliphatic carbocycles. The van der Waals surface area contributed by atoms with Crippen molar-refractivity contribution in [2.45, 2.75) is 31.1 Å². The van der Waals surface area contributed by atoms with E-state index >= 15 is 0 Å². The molecule has 0 unspecified atom stereocenters. The Hall–Kier alpha value is -3.16. The molecule has 0 spiro atoms. The van der Waals surface area contributed by atoms with Gasteiger partial charge in [-0.2, -0.15) is 0 Å². The number of carbonyl (C=O) groups excluding carboxylic acids is 1. The van der Waals surface area contributed by atoms with Crippen LogP contribution >= 0.6 is 0 Å². The number of anilines is 1. The standard InChI is InChI=1S/C25H28N2O4S/c1-2-3-19-31-24-12-8-7-11-23(24)25(28)27-21-13-15-22(16-14-21)32(29,30)26-18-17-20-9-5-4-6-10-20/h4-16,26H,2-3,17-19H2,1H3,(H,27,28). The summed E-state index contributed by atoms with van der Waals surface area (Å²) < 4.78 is 33.4. The molecule has 0 bridgehead atoms. The van der Waals surface area contributed by atoms with E-state index in [9.17, 15) is 13.2 Å². The number of amides is 1. The third kappa shape index (κ3) is 6.67. The van der Waals surface area contributed by atoms with Crippen molar-refractivity contribution in [3.8, 4) is 5.75 Å². The third-order valence-electron chi connectivity index (χ3n) is 4.86. The van der Waals surface area contributed by atoms with Gasteiger partial charge in [0.15, 0.2) is 0 Å². The summed E-state index contributed by atoms with van der Waals surface area (Å²) in [6, 6.07) is 22.8. The number of hydrogen-bond donors (Lipinski definition) is 2. The van der Waals surface area contributed by atoms with E-state index in [0.717, 1.165) is 18.4 Å². The lowest BCUT2D eigenvalue weighted by Gasteiger charge is -2.12. The van der Waals surface area contributed by atoms with Crippen LogP contribution in [0.15, 0.2) is 83.8 Å². The Morgan fingerprint density at radius 1 is 0.906 bits per heavy atom. The molecule has 3 aromatic carbocycles. The van der Waals surface area contributed by atoms with E-state index in [1.165, 1.54) is 12.1 Å². The van der Waals surface area contributed by atoms with Crippen molar-refractivity contribution in [2.75, 3.05) is 18.5 Å². The highest BCUT2D eigenvalue weighted by Gasteiger charge is 2.15. The third-order valence-corrected chi connectivity index (χ3v) is 6.34. The van der Waals surface area contributed by atoms with Crippen molar-refractivity contribution in [3.05, 3.63) is 90.0 Å². The minimum absolute atomic E-state index is 0.145. The summed E-state index contributed by atoms with van der Waals surface area (Å²) >= 11 is 0. The van der Waals surface area contributed by atoms with Crippen LogP contribution in [0.5, 0.6) is 5.75 Å². The highest BCUT2D eigenvalue weighted by molar-refractivity contribution is 7.89. The zero-order chi connectivity index (χ0) is 22.8. The first-order chi connectivity index (χ1) is 15.5. The molecule has 0 saturated carbocycles. The van der Waals surface area contributed by atoms with Crippen LogP contribution in [-0.4, -0.2) is 27.5 Å². The zero-order valence-corrected chi connectivity index (χ0v) is 18.9. The van der Waals surface area contributed by atoms with Crippen molar-refractivity contribution in [3.63, 3.8) is 0 Å². The van der Waals surface area contributed by atoms with E-state index < -0.39 is 10.0 Å². The second-order valence-corrected chi connectivity index (χ2v) is 9.08. The Labute approximate surface area is 189 Å². The lowest BCUT2D eigenvalue weighted by Crippen LogP contribution is -2.26. The van der Waals surface area contributed by atoms with Gasteiger partial charge in [-0.1, -0.05) is 55.8 Å². The van der Waals surface area contributed by atoms with Gasteiger partial charge in [0.2, 0.25) is 10.0 Å². The van der Waals surface area contributed by atoms with Gasteiger partial charge in [0.05, 0.1) is 17.1 Å². The molecule has 168 valence electrons. The number of sulfonamides is 1. The molecule has 2 N–H and O–H groups in total. The number of para-hydroxylation sites is 1. The fourth-order valence-corrected chi connectivity index (χ4v) is 4.11. The lowest BCUT2D eigenvalue weighted by molar-refractivity contribution is 0.102. The fraction of sp³-hybridized carbons (Fsp3) is 0.240. The largest absolute Gasteiger partial charge is 0.493 e. The molecule has 3 aromatic rings. The monoisotopic (exact) mass is 452 g/mol. The molecule has 0 saturated heterocycles. The number of carbonyl (C=O) groups is 1. The normalized spacial score (nSPS) is 11.2. The quantitative estimate of drug-likeness (QED) is 0.415. The van der Waals surface area contributed by atoms with Crippen molar-refractivity contribution in [1.82, 2.24) is 4.72 Å². The molecule has 0 heterocycles. The maximum atomic E-state index is 12.7. The Morgan fingerprint density at radius 2 is 1.59 bits per heavy atom. The molecule has 3 rings (SSSR count). The molecule has 0 aromatic heterocycles. The molecule has 0 atom stereocenters. The Bertz CT molecular complexity index is 1110. The molecule has 0 fully saturated rings. The van der Waals surface area contributed by atoms with Gasteiger partial charge in [0.25, 0.3) is 5.91 Å². The second kappa shape index (κ2) is 11.5. The smallest absolute Gasteiger partial charge is 0.259 e. The van der Waals surface area contributed by atoms with Crippen molar-refractivity contribution in [1.29, 1.82) is 0 Å². The number of unbranched alkanes of at least 4 members (excludes halogenated alkanes) is 1. The number of benzene rings is 3. The summed E-state index contributed by atoms with van der Waals surface area (Å²) in [6.07, 6.45) is 2.52. The van der Waals surface area contributed by atoms with Crippen LogP contribution in [0.3, 0.4) is 0 Å². The highest BCUT2D eigenvalue weighted by Crippen LogP contribution is 2.21. The topological polar surface area (TPSA) is 84.5 Å². The molecule has 1 amide bonds. The molecule has 32 heavy (non-hydrogen) atoms. The first-order valence-electron chi connectivity index (χ1n) is 10.7. The maximum absolute atomic E-state index is 12.7. The van der Waals surface area contributed by atoms with Gasteiger partial charge >= 0.3 is 0 Å². The number of nitrogens with one attached hydrogen (secondary N) is 2.